The van der Waals surface area contributed by atoms with Gasteiger partial charge in [-0.25, -0.2) is 9.97 Å². The Morgan fingerprint density at radius 2 is 1.86 bits per heavy atom. The molecule has 0 atom stereocenters. The molecule has 156 valence electrons. The molecule has 0 unspecified atom stereocenters. The highest BCUT2D eigenvalue weighted by Gasteiger charge is 2.31. The number of alkyl halides is 3. The molecule has 0 aliphatic carbocycles. The van der Waals surface area contributed by atoms with E-state index in [0.29, 0.717) is 25.9 Å². The van der Waals surface area contributed by atoms with E-state index in [1.54, 1.807) is 13.0 Å². The van der Waals surface area contributed by atoms with E-state index in [1.165, 1.54) is 24.5 Å². The van der Waals surface area contributed by atoms with Crippen molar-refractivity contribution in [1.29, 1.82) is 0 Å². The number of carbonyl (C=O) groups is 1. The lowest BCUT2D eigenvalue weighted by Crippen LogP contribution is -2.12. The molecule has 2 aromatic rings. The third kappa shape index (κ3) is 7.52. The normalized spacial score (nSPS) is 11.9. The van der Waals surface area contributed by atoms with Crippen molar-refractivity contribution in [2.75, 3.05) is 13.2 Å². The second-order valence-electron chi connectivity index (χ2n) is 6.04. The molecule has 0 aliphatic rings. The first-order valence-electron chi connectivity index (χ1n) is 9.22. The second-order valence-corrected chi connectivity index (χ2v) is 6.04. The Bertz CT molecular complexity index is 811. The molecule has 0 amide bonds. The summed E-state index contributed by atoms with van der Waals surface area (Å²) in [6, 6.07) is 6.35. The van der Waals surface area contributed by atoms with Gasteiger partial charge in [-0.05, 0) is 44.4 Å². The van der Waals surface area contributed by atoms with Crippen molar-refractivity contribution in [3.05, 3.63) is 59.7 Å². The largest absolute Gasteiger partial charge is 0.466 e. The van der Waals surface area contributed by atoms with Crippen LogP contribution >= 0.6 is 0 Å². The molecular formula is C20H22F3N3O3. The number of nitrogens with zero attached hydrogens (tertiary/aromatic N) is 3. The summed E-state index contributed by atoms with van der Waals surface area (Å²) in [6.07, 6.45) is 0.836. The van der Waals surface area contributed by atoms with E-state index < -0.39 is 11.7 Å². The maximum Gasteiger partial charge on any atom is 0.416 e. The summed E-state index contributed by atoms with van der Waals surface area (Å²) in [7, 11) is 0. The van der Waals surface area contributed by atoms with Crippen LogP contribution in [-0.4, -0.2) is 34.9 Å². The van der Waals surface area contributed by atoms with Gasteiger partial charge in [-0.1, -0.05) is 17.3 Å². The van der Waals surface area contributed by atoms with Crippen LogP contribution in [0.3, 0.4) is 0 Å². The van der Waals surface area contributed by atoms with Gasteiger partial charge in [0.15, 0.2) is 11.5 Å². The lowest BCUT2D eigenvalue weighted by atomic mass is 10.1. The molecule has 1 aromatic carbocycles. The van der Waals surface area contributed by atoms with Crippen molar-refractivity contribution in [3.8, 4) is 0 Å². The fraction of sp³-hybridized carbons (Fsp3) is 0.400. The topological polar surface area (TPSA) is 73.7 Å². The average Bonchev–Trinajstić information content (AvgIpc) is 2.70. The summed E-state index contributed by atoms with van der Waals surface area (Å²) in [6.45, 7) is 2.36. The third-order valence-electron chi connectivity index (χ3n) is 3.82. The Hall–Kier alpha value is -2.97. The fourth-order valence-corrected chi connectivity index (χ4v) is 2.44. The molecule has 9 heteroatoms. The summed E-state index contributed by atoms with van der Waals surface area (Å²) in [5, 5.41) is 3.98. The van der Waals surface area contributed by atoms with Gasteiger partial charge in [0.05, 0.1) is 12.2 Å². The van der Waals surface area contributed by atoms with Crippen LogP contribution < -0.4 is 0 Å². The van der Waals surface area contributed by atoms with Crippen LogP contribution in [0.2, 0.25) is 0 Å². The molecule has 0 radical (unpaired) electrons. The number of hydrogen-bond donors (Lipinski definition) is 0. The minimum absolute atomic E-state index is 0.114. The predicted molar refractivity (Wildman–Crippen MR) is 100 cm³/mol. The van der Waals surface area contributed by atoms with Crippen LogP contribution in [0.5, 0.6) is 0 Å². The van der Waals surface area contributed by atoms with Crippen LogP contribution in [0, 0.1) is 0 Å². The van der Waals surface area contributed by atoms with Gasteiger partial charge in [0.1, 0.15) is 6.61 Å². The lowest BCUT2D eigenvalue weighted by Gasteiger charge is -2.10. The Labute approximate surface area is 166 Å². The van der Waals surface area contributed by atoms with E-state index in [9.17, 15) is 18.0 Å². The SMILES string of the molecule is CCOC(=O)CCCCCO/N=C(\c1cccc(C(F)(F)F)c1)c1ncccn1. The molecule has 1 aromatic heterocycles. The molecule has 29 heavy (non-hydrogen) atoms. The highest BCUT2D eigenvalue weighted by Crippen LogP contribution is 2.30. The van der Waals surface area contributed by atoms with Crippen molar-refractivity contribution in [3.63, 3.8) is 0 Å². The predicted octanol–water partition coefficient (Wildman–Crippen LogP) is 4.39. The van der Waals surface area contributed by atoms with Gasteiger partial charge in [-0.15, -0.1) is 0 Å². The molecule has 0 fully saturated rings. The average molecular weight is 409 g/mol. The molecule has 6 nitrogen and oxygen atoms in total. The van der Waals surface area contributed by atoms with E-state index in [4.69, 9.17) is 9.57 Å². The zero-order chi connectivity index (χ0) is 21.1. The molecule has 0 aliphatic heterocycles. The number of ether oxygens (including phenoxy) is 1. The Kier molecular flexibility index (Phi) is 8.57. The first-order valence-corrected chi connectivity index (χ1v) is 9.22. The molecule has 1 heterocycles. The Morgan fingerprint density at radius 1 is 1.10 bits per heavy atom. The van der Waals surface area contributed by atoms with Crippen molar-refractivity contribution in [2.24, 2.45) is 5.16 Å². The van der Waals surface area contributed by atoms with E-state index in [2.05, 4.69) is 15.1 Å². The highest BCUT2D eigenvalue weighted by molar-refractivity contribution is 6.10. The third-order valence-corrected chi connectivity index (χ3v) is 3.82. The maximum absolute atomic E-state index is 13.0. The van der Waals surface area contributed by atoms with Crippen LogP contribution in [0.25, 0.3) is 0 Å². The van der Waals surface area contributed by atoms with Gasteiger partial charge in [0.25, 0.3) is 0 Å². The lowest BCUT2D eigenvalue weighted by molar-refractivity contribution is -0.143. The van der Waals surface area contributed by atoms with Gasteiger partial charge >= 0.3 is 12.1 Å². The zero-order valence-electron chi connectivity index (χ0n) is 16.0. The molecule has 0 spiro atoms. The summed E-state index contributed by atoms with van der Waals surface area (Å²) in [5.41, 5.74) is -0.478. The van der Waals surface area contributed by atoms with Crippen LogP contribution in [0.15, 0.2) is 47.9 Å². The number of benzene rings is 1. The summed E-state index contributed by atoms with van der Waals surface area (Å²) in [4.78, 5) is 24.7. The second kappa shape index (κ2) is 11.1. The van der Waals surface area contributed by atoms with E-state index in [-0.39, 0.29) is 29.7 Å². The summed E-state index contributed by atoms with van der Waals surface area (Å²) < 4.78 is 43.9. The number of rotatable bonds is 10. The van der Waals surface area contributed by atoms with Crippen molar-refractivity contribution in [2.45, 2.75) is 38.8 Å². The first kappa shape index (κ1) is 22.3. The monoisotopic (exact) mass is 409 g/mol. The molecule has 2 rings (SSSR count). The zero-order valence-corrected chi connectivity index (χ0v) is 16.0. The quantitative estimate of drug-likeness (QED) is 0.252. The number of halogens is 3. The number of unbranched alkanes of at least 4 members (excludes halogenated alkanes) is 2. The van der Waals surface area contributed by atoms with Gasteiger partial charge in [0, 0.05) is 24.4 Å². The number of oxime groups is 1. The molecule has 0 saturated carbocycles. The highest BCUT2D eigenvalue weighted by atomic mass is 19.4. The number of hydrogen-bond acceptors (Lipinski definition) is 6. The summed E-state index contributed by atoms with van der Waals surface area (Å²) in [5.74, 6) is -0.0753. The fourth-order valence-electron chi connectivity index (χ4n) is 2.44. The van der Waals surface area contributed by atoms with Gasteiger partial charge in [-0.2, -0.15) is 13.2 Å². The van der Waals surface area contributed by atoms with Crippen molar-refractivity contribution in [1.82, 2.24) is 9.97 Å². The van der Waals surface area contributed by atoms with Crippen molar-refractivity contribution < 1.29 is 27.5 Å². The Balaban J connectivity index is 2.02. The molecule has 0 saturated heterocycles. The van der Waals surface area contributed by atoms with E-state index >= 15 is 0 Å². The first-order chi connectivity index (χ1) is 13.9. The molecule has 0 N–H and O–H groups in total. The van der Waals surface area contributed by atoms with Crippen molar-refractivity contribution >= 4 is 11.7 Å². The van der Waals surface area contributed by atoms with E-state index in [1.807, 2.05) is 0 Å². The molecule has 0 bridgehead atoms. The van der Waals surface area contributed by atoms with E-state index in [0.717, 1.165) is 18.6 Å². The van der Waals surface area contributed by atoms with Crippen LogP contribution in [0.1, 0.15) is 49.6 Å². The number of carbonyl (C=O) groups excluding carboxylic acids is 1. The number of aromatic nitrogens is 2. The van der Waals surface area contributed by atoms with Gasteiger partial charge in [0.2, 0.25) is 0 Å². The van der Waals surface area contributed by atoms with Crippen LogP contribution in [0.4, 0.5) is 13.2 Å². The smallest absolute Gasteiger partial charge is 0.416 e. The summed E-state index contributed by atoms with van der Waals surface area (Å²) >= 11 is 0. The minimum Gasteiger partial charge on any atom is -0.466 e. The van der Waals surface area contributed by atoms with Gasteiger partial charge < -0.3 is 9.57 Å². The maximum atomic E-state index is 13.0. The number of esters is 1. The Morgan fingerprint density at radius 3 is 2.55 bits per heavy atom. The molecular weight excluding hydrogens is 387 g/mol. The minimum atomic E-state index is -4.47. The van der Waals surface area contributed by atoms with Gasteiger partial charge in [-0.3, -0.25) is 4.79 Å². The standard InChI is InChI=1S/C20H22F3N3O3/c1-2-28-17(27)10-4-3-5-13-29-26-18(19-24-11-7-12-25-19)15-8-6-9-16(14-15)20(21,22)23/h6-9,11-12,14H,2-5,10,13H2,1H3/b26-18+. The van der Waals surface area contributed by atoms with Crippen LogP contribution in [-0.2, 0) is 20.5 Å².